The smallest absolute Gasteiger partial charge is 0.0419 e. The van der Waals surface area contributed by atoms with Gasteiger partial charge in [0.1, 0.15) is 0 Å². The number of anilines is 1. The monoisotopic (exact) mass is 233 g/mol. The normalized spacial score (nSPS) is 17.1. The average Bonchev–Trinajstić information content (AvgIpc) is 2.36. The Labute approximate surface area is 104 Å². The van der Waals surface area contributed by atoms with Gasteiger partial charge >= 0.3 is 0 Å². The van der Waals surface area contributed by atoms with E-state index in [1.807, 2.05) is 0 Å². The minimum atomic E-state index is -0.0327. The average molecular weight is 233 g/mol. The van der Waals surface area contributed by atoms with Crippen molar-refractivity contribution in [2.24, 2.45) is 11.5 Å². The molecule has 1 atom stereocenters. The van der Waals surface area contributed by atoms with Gasteiger partial charge in [-0.1, -0.05) is 12.1 Å². The lowest BCUT2D eigenvalue weighted by Gasteiger charge is -2.35. The van der Waals surface area contributed by atoms with E-state index in [9.17, 15) is 0 Å². The quantitative estimate of drug-likeness (QED) is 0.837. The van der Waals surface area contributed by atoms with Gasteiger partial charge in [-0.25, -0.2) is 0 Å². The van der Waals surface area contributed by atoms with Gasteiger partial charge in [-0.2, -0.15) is 0 Å². The molecule has 0 bridgehead atoms. The molecule has 2 rings (SSSR count). The molecule has 17 heavy (non-hydrogen) atoms. The van der Waals surface area contributed by atoms with E-state index in [0.717, 1.165) is 18.5 Å². The maximum atomic E-state index is 5.98. The summed E-state index contributed by atoms with van der Waals surface area (Å²) in [5.41, 5.74) is 15.6. The summed E-state index contributed by atoms with van der Waals surface area (Å²) in [5, 5.41) is 0. The largest absolute Gasteiger partial charge is 0.369 e. The lowest BCUT2D eigenvalue weighted by molar-refractivity contribution is 0.623. The molecule has 0 fully saturated rings. The number of nitrogens with two attached hydrogens (primary N) is 2. The third kappa shape index (κ3) is 2.45. The van der Waals surface area contributed by atoms with E-state index < -0.39 is 0 Å². The van der Waals surface area contributed by atoms with Gasteiger partial charge in [-0.05, 0) is 43.9 Å². The fourth-order valence-electron chi connectivity index (χ4n) is 2.55. The molecule has 0 radical (unpaired) electrons. The summed E-state index contributed by atoms with van der Waals surface area (Å²) < 4.78 is 0. The maximum absolute atomic E-state index is 5.98. The van der Waals surface area contributed by atoms with Crippen LogP contribution in [0.15, 0.2) is 18.2 Å². The van der Waals surface area contributed by atoms with Gasteiger partial charge in [0.25, 0.3) is 0 Å². The van der Waals surface area contributed by atoms with Crippen LogP contribution in [0.5, 0.6) is 0 Å². The van der Waals surface area contributed by atoms with Crippen LogP contribution >= 0.6 is 0 Å². The Hall–Kier alpha value is -1.06. The van der Waals surface area contributed by atoms with E-state index in [-0.39, 0.29) is 6.04 Å². The Bertz CT molecular complexity index is 387. The second-order valence-electron chi connectivity index (χ2n) is 5.12. The summed E-state index contributed by atoms with van der Waals surface area (Å²) in [6.07, 6.45) is 2.39. The van der Waals surface area contributed by atoms with Crippen molar-refractivity contribution in [3.05, 3.63) is 29.3 Å². The predicted molar refractivity (Wildman–Crippen MR) is 73.2 cm³/mol. The highest BCUT2D eigenvalue weighted by Crippen LogP contribution is 2.30. The zero-order valence-corrected chi connectivity index (χ0v) is 10.8. The summed E-state index contributed by atoms with van der Waals surface area (Å²) in [7, 11) is 0. The van der Waals surface area contributed by atoms with Crippen LogP contribution in [0.4, 0.5) is 5.69 Å². The molecule has 3 nitrogen and oxygen atoms in total. The summed E-state index contributed by atoms with van der Waals surface area (Å²) in [6, 6.07) is 7.09. The minimum absolute atomic E-state index is 0.0327. The van der Waals surface area contributed by atoms with E-state index >= 15 is 0 Å². The predicted octanol–water partition coefficient (Wildman–Crippen LogP) is 1.81. The summed E-state index contributed by atoms with van der Waals surface area (Å²) in [6.45, 7) is 6.16. The molecular formula is C14H23N3. The third-order valence-corrected chi connectivity index (χ3v) is 3.56. The summed E-state index contributed by atoms with van der Waals surface area (Å²) in [5.74, 6) is 0. The lowest BCUT2D eigenvalue weighted by atomic mass is 9.96. The summed E-state index contributed by atoms with van der Waals surface area (Å²) in [4.78, 5) is 2.47. The maximum Gasteiger partial charge on any atom is 0.0419 e. The van der Waals surface area contributed by atoms with E-state index in [2.05, 4.69) is 36.9 Å². The van der Waals surface area contributed by atoms with Gasteiger partial charge in [0.05, 0.1) is 0 Å². The second-order valence-corrected chi connectivity index (χ2v) is 5.12. The Morgan fingerprint density at radius 2 is 2.12 bits per heavy atom. The molecule has 0 saturated heterocycles. The van der Waals surface area contributed by atoms with Crippen molar-refractivity contribution in [2.75, 3.05) is 18.0 Å². The Balaban J connectivity index is 2.33. The zero-order valence-electron chi connectivity index (χ0n) is 10.8. The van der Waals surface area contributed by atoms with Gasteiger partial charge in [-0.15, -0.1) is 0 Å². The first-order valence-corrected chi connectivity index (χ1v) is 6.48. The van der Waals surface area contributed by atoms with E-state index in [4.69, 9.17) is 11.5 Å². The Morgan fingerprint density at radius 3 is 2.76 bits per heavy atom. The van der Waals surface area contributed by atoms with Crippen molar-refractivity contribution >= 4 is 5.69 Å². The van der Waals surface area contributed by atoms with Crippen LogP contribution < -0.4 is 16.4 Å². The number of aryl methyl sites for hydroxylation is 1. The number of rotatable bonds is 3. The van der Waals surface area contributed by atoms with Crippen LogP contribution in [0.3, 0.4) is 0 Å². The number of nitrogens with zero attached hydrogens (tertiary/aromatic N) is 1. The standard InChI is InChI=1S/C14H23N3/c1-10(2)17-7-3-4-12-8-11(13(16)9-15)5-6-14(12)17/h5-6,8,10,13H,3-4,7,9,15-16H2,1-2H3/t13-/m0/s1. The van der Waals surface area contributed by atoms with Crippen LogP contribution in [0.25, 0.3) is 0 Å². The van der Waals surface area contributed by atoms with Gasteiger partial charge in [0.15, 0.2) is 0 Å². The Morgan fingerprint density at radius 1 is 1.35 bits per heavy atom. The van der Waals surface area contributed by atoms with Gasteiger partial charge in [-0.3, -0.25) is 0 Å². The highest BCUT2D eigenvalue weighted by molar-refractivity contribution is 5.57. The van der Waals surface area contributed by atoms with Gasteiger partial charge < -0.3 is 16.4 Å². The number of hydrogen-bond donors (Lipinski definition) is 2. The molecule has 0 aromatic heterocycles. The van der Waals surface area contributed by atoms with E-state index in [1.165, 1.54) is 17.7 Å². The number of fused-ring (bicyclic) bond motifs is 1. The van der Waals surface area contributed by atoms with Crippen molar-refractivity contribution < 1.29 is 0 Å². The SMILES string of the molecule is CC(C)N1CCCc2cc([C@@H](N)CN)ccc21. The third-order valence-electron chi connectivity index (χ3n) is 3.56. The number of hydrogen-bond acceptors (Lipinski definition) is 3. The fourth-order valence-corrected chi connectivity index (χ4v) is 2.55. The highest BCUT2D eigenvalue weighted by Gasteiger charge is 2.19. The molecular weight excluding hydrogens is 210 g/mol. The molecule has 1 aromatic carbocycles. The lowest BCUT2D eigenvalue weighted by Crippen LogP contribution is -2.35. The first kappa shape index (κ1) is 12.4. The molecule has 0 unspecified atom stereocenters. The number of benzene rings is 1. The van der Waals surface area contributed by atoms with Crippen LogP contribution in [-0.2, 0) is 6.42 Å². The molecule has 94 valence electrons. The van der Waals surface area contributed by atoms with Crippen LogP contribution in [0.1, 0.15) is 37.4 Å². The van der Waals surface area contributed by atoms with Crippen LogP contribution in [0, 0.1) is 0 Å². The molecule has 0 amide bonds. The van der Waals surface area contributed by atoms with Crippen molar-refractivity contribution in [3.8, 4) is 0 Å². The highest BCUT2D eigenvalue weighted by atomic mass is 15.2. The zero-order chi connectivity index (χ0) is 12.4. The van der Waals surface area contributed by atoms with E-state index in [1.54, 1.807) is 0 Å². The molecule has 1 aliphatic rings. The molecule has 3 heteroatoms. The van der Waals surface area contributed by atoms with Gasteiger partial charge in [0, 0.05) is 30.9 Å². The fraction of sp³-hybridized carbons (Fsp3) is 0.571. The molecule has 1 aliphatic heterocycles. The van der Waals surface area contributed by atoms with Crippen LogP contribution in [0.2, 0.25) is 0 Å². The van der Waals surface area contributed by atoms with Crippen molar-refractivity contribution in [3.63, 3.8) is 0 Å². The molecule has 1 aromatic rings. The van der Waals surface area contributed by atoms with Gasteiger partial charge in [0.2, 0.25) is 0 Å². The second kappa shape index (κ2) is 5.07. The molecule has 4 N–H and O–H groups in total. The minimum Gasteiger partial charge on any atom is -0.369 e. The topological polar surface area (TPSA) is 55.3 Å². The van der Waals surface area contributed by atoms with Crippen molar-refractivity contribution in [1.29, 1.82) is 0 Å². The van der Waals surface area contributed by atoms with Crippen molar-refractivity contribution in [1.82, 2.24) is 0 Å². The summed E-state index contributed by atoms with van der Waals surface area (Å²) >= 11 is 0. The Kier molecular flexibility index (Phi) is 3.69. The molecule has 0 aliphatic carbocycles. The first-order chi connectivity index (χ1) is 8.13. The van der Waals surface area contributed by atoms with E-state index in [0.29, 0.717) is 12.6 Å². The first-order valence-electron chi connectivity index (χ1n) is 6.48. The molecule has 0 saturated carbocycles. The van der Waals surface area contributed by atoms with Crippen LogP contribution in [-0.4, -0.2) is 19.1 Å². The van der Waals surface area contributed by atoms with Crippen molar-refractivity contribution in [2.45, 2.75) is 38.8 Å². The molecule has 0 spiro atoms. The molecule has 1 heterocycles.